The molecule has 0 aliphatic carbocycles. The van der Waals surface area contributed by atoms with E-state index >= 15 is 0 Å². The zero-order valence-corrected chi connectivity index (χ0v) is 14.0. The molecule has 3 aromatic rings. The lowest BCUT2D eigenvalue weighted by atomic mass is 10.2. The zero-order valence-electron chi connectivity index (χ0n) is 14.0. The summed E-state index contributed by atoms with van der Waals surface area (Å²) in [7, 11) is 0. The van der Waals surface area contributed by atoms with Gasteiger partial charge in [0.2, 0.25) is 5.76 Å². The molecule has 7 nitrogen and oxygen atoms in total. The van der Waals surface area contributed by atoms with E-state index in [4.69, 9.17) is 9.15 Å². The fraction of sp³-hybridized carbons (Fsp3) is 0.211. The number of hydrogen-bond acceptors (Lipinski definition) is 5. The maximum absolute atomic E-state index is 12.9. The van der Waals surface area contributed by atoms with Gasteiger partial charge in [-0.25, -0.2) is 0 Å². The van der Waals surface area contributed by atoms with Crippen LogP contribution in [-0.4, -0.2) is 48.0 Å². The topological polar surface area (TPSA) is 84.7 Å². The Hall–Kier alpha value is -3.19. The molecule has 26 heavy (non-hydrogen) atoms. The van der Waals surface area contributed by atoms with Crippen LogP contribution in [-0.2, 0) is 4.74 Å². The number of nitrogens with one attached hydrogen (secondary N) is 1. The van der Waals surface area contributed by atoms with Crippen LogP contribution in [0.3, 0.4) is 0 Å². The van der Waals surface area contributed by atoms with Crippen LogP contribution in [0, 0.1) is 0 Å². The molecule has 1 aliphatic rings. The molecule has 2 aromatic heterocycles. The predicted molar refractivity (Wildman–Crippen MR) is 95.1 cm³/mol. The van der Waals surface area contributed by atoms with Gasteiger partial charge in [0.05, 0.1) is 13.2 Å². The largest absolute Gasteiger partial charge is 0.449 e. The van der Waals surface area contributed by atoms with Gasteiger partial charge in [-0.15, -0.1) is 0 Å². The van der Waals surface area contributed by atoms with Crippen molar-refractivity contribution in [1.29, 1.82) is 0 Å². The Bertz CT molecular complexity index is 946. The van der Waals surface area contributed by atoms with Gasteiger partial charge in [0.15, 0.2) is 0 Å². The summed E-state index contributed by atoms with van der Waals surface area (Å²) in [6, 6.07) is 10.5. The molecule has 0 atom stereocenters. The first-order valence-electron chi connectivity index (χ1n) is 8.34. The Balaban J connectivity index is 1.72. The maximum Gasteiger partial charge on any atom is 0.291 e. The van der Waals surface area contributed by atoms with E-state index in [2.05, 4.69) is 10.3 Å². The number of rotatable bonds is 3. The smallest absolute Gasteiger partial charge is 0.291 e. The molecule has 0 radical (unpaired) electrons. The number of furan rings is 1. The highest BCUT2D eigenvalue weighted by molar-refractivity contribution is 6.14. The number of amides is 2. The number of fused-ring (bicyclic) bond motifs is 1. The highest BCUT2D eigenvalue weighted by atomic mass is 16.5. The summed E-state index contributed by atoms with van der Waals surface area (Å²) in [4.78, 5) is 31.1. The van der Waals surface area contributed by atoms with Crippen molar-refractivity contribution < 1.29 is 18.7 Å². The van der Waals surface area contributed by atoms with E-state index in [1.54, 1.807) is 35.5 Å². The molecule has 3 heterocycles. The minimum absolute atomic E-state index is 0.135. The summed E-state index contributed by atoms with van der Waals surface area (Å²) >= 11 is 0. The van der Waals surface area contributed by atoms with E-state index < -0.39 is 0 Å². The summed E-state index contributed by atoms with van der Waals surface area (Å²) in [5, 5.41) is 3.52. The molecule has 7 heteroatoms. The molecule has 1 saturated heterocycles. The van der Waals surface area contributed by atoms with E-state index in [9.17, 15) is 9.59 Å². The first-order chi connectivity index (χ1) is 12.7. The molecule has 4 rings (SSSR count). The van der Waals surface area contributed by atoms with Gasteiger partial charge in [0.25, 0.3) is 11.8 Å². The van der Waals surface area contributed by atoms with E-state index in [1.165, 1.54) is 0 Å². The van der Waals surface area contributed by atoms with Gasteiger partial charge in [-0.1, -0.05) is 12.1 Å². The van der Waals surface area contributed by atoms with E-state index in [0.29, 0.717) is 48.5 Å². The third-order valence-corrected chi connectivity index (χ3v) is 4.27. The molecule has 132 valence electrons. The Kier molecular flexibility index (Phi) is 4.37. The van der Waals surface area contributed by atoms with Crippen LogP contribution >= 0.6 is 0 Å². The van der Waals surface area contributed by atoms with Crippen molar-refractivity contribution in [3.05, 3.63) is 60.1 Å². The Labute approximate surface area is 149 Å². The molecule has 0 unspecified atom stereocenters. The third kappa shape index (κ3) is 3.04. The maximum atomic E-state index is 12.9. The number of carbonyl (C=O) groups is 2. The summed E-state index contributed by atoms with van der Waals surface area (Å²) in [5.41, 5.74) is 1.39. The van der Waals surface area contributed by atoms with E-state index in [0.717, 1.165) is 0 Å². The molecule has 0 bridgehead atoms. The highest BCUT2D eigenvalue weighted by Gasteiger charge is 2.27. The number of aromatic nitrogens is 1. The first-order valence-corrected chi connectivity index (χ1v) is 8.34. The van der Waals surface area contributed by atoms with Crippen molar-refractivity contribution in [2.75, 3.05) is 31.6 Å². The molecular weight excluding hydrogens is 334 g/mol. The van der Waals surface area contributed by atoms with E-state index in [1.807, 2.05) is 18.2 Å². The number of nitrogens with zero attached hydrogens (tertiary/aromatic N) is 2. The van der Waals surface area contributed by atoms with Crippen LogP contribution in [0.15, 0.2) is 53.2 Å². The standard InChI is InChI=1S/C19H17N3O4/c23-18(13-5-7-20-8-6-13)21-16-14-3-1-2-4-15(14)26-17(16)19(24)22-9-11-25-12-10-22/h1-8H,9-12H2,(H,21,23). The van der Waals surface area contributed by atoms with Crippen molar-refractivity contribution in [1.82, 2.24) is 9.88 Å². The monoisotopic (exact) mass is 351 g/mol. The zero-order chi connectivity index (χ0) is 17.9. The van der Waals surface area contributed by atoms with Gasteiger partial charge in [-0.2, -0.15) is 0 Å². The van der Waals surface area contributed by atoms with Crippen molar-refractivity contribution in [2.24, 2.45) is 0 Å². The lowest BCUT2D eigenvalue weighted by Gasteiger charge is -2.26. The Morgan fingerprint density at radius 1 is 1.04 bits per heavy atom. The lowest BCUT2D eigenvalue weighted by Crippen LogP contribution is -2.40. The number of para-hydroxylation sites is 1. The molecule has 0 saturated carbocycles. The van der Waals surface area contributed by atoms with Crippen LogP contribution in [0.2, 0.25) is 0 Å². The second-order valence-corrected chi connectivity index (χ2v) is 5.90. The molecular formula is C19H17N3O4. The van der Waals surface area contributed by atoms with Gasteiger partial charge >= 0.3 is 0 Å². The summed E-state index contributed by atoms with van der Waals surface area (Å²) < 4.78 is 11.1. The average molecular weight is 351 g/mol. The average Bonchev–Trinajstić information content (AvgIpc) is 3.07. The second kappa shape index (κ2) is 6.97. The quantitative estimate of drug-likeness (QED) is 0.784. The van der Waals surface area contributed by atoms with Crippen LogP contribution in [0.5, 0.6) is 0 Å². The number of hydrogen-bond donors (Lipinski definition) is 1. The van der Waals surface area contributed by atoms with Crippen LogP contribution < -0.4 is 5.32 Å². The summed E-state index contributed by atoms with van der Waals surface area (Å²) in [6.45, 7) is 1.97. The van der Waals surface area contributed by atoms with Gasteiger partial charge in [-0.3, -0.25) is 14.6 Å². The SMILES string of the molecule is O=C(Nc1c(C(=O)N2CCOCC2)oc2ccccc12)c1ccncc1. The lowest BCUT2D eigenvalue weighted by molar-refractivity contribution is 0.0285. The second-order valence-electron chi connectivity index (χ2n) is 5.90. The van der Waals surface area contributed by atoms with E-state index in [-0.39, 0.29) is 17.6 Å². The van der Waals surface area contributed by atoms with Gasteiger partial charge in [0.1, 0.15) is 11.3 Å². The minimum Gasteiger partial charge on any atom is -0.449 e. The Morgan fingerprint density at radius 2 is 1.77 bits per heavy atom. The minimum atomic E-state index is -0.324. The van der Waals surface area contributed by atoms with Crippen LogP contribution in [0.1, 0.15) is 20.9 Å². The van der Waals surface area contributed by atoms with Crippen molar-refractivity contribution in [2.45, 2.75) is 0 Å². The predicted octanol–water partition coefficient (Wildman–Crippen LogP) is 2.55. The van der Waals surface area contributed by atoms with Crippen molar-refractivity contribution in [3.63, 3.8) is 0 Å². The van der Waals surface area contributed by atoms with Crippen LogP contribution in [0.25, 0.3) is 11.0 Å². The molecule has 1 aromatic carbocycles. The molecule has 1 fully saturated rings. The number of morpholine rings is 1. The molecule has 1 aliphatic heterocycles. The summed E-state index contributed by atoms with van der Waals surface area (Å²) in [5.74, 6) is -0.444. The number of pyridine rings is 1. The summed E-state index contributed by atoms with van der Waals surface area (Å²) in [6.07, 6.45) is 3.09. The third-order valence-electron chi connectivity index (χ3n) is 4.27. The molecule has 1 N–H and O–H groups in total. The first kappa shape index (κ1) is 16.3. The fourth-order valence-corrected chi connectivity index (χ4v) is 2.92. The normalized spacial score (nSPS) is 14.4. The number of carbonyl (C=O) groups excluding carboxylic acids is 2. The fourth-order valence-electron chi connectivity index (χ4n) is 2.92. The number of ether oxygens (including phenoxy) is 1. The van der Waals surface area contributed by atoms with Crippen molar-refractivity contribution >= 4 is 28.5 Å². The number of anilines is 1. The molecule has 0 spiro atoms. The van der Waals surface area contributed by atoms with Crippen LogP contribution in [0.4, 0.5) is 5.69 Å². The van der Waals surface area contributed by atoms with Crippen molar-refractivity contribution in [3.8, 4) is 0 Å². The molecule has 2 amide bonds. The van der Waals surface area contributed by atoms with Gasteiger partial charge < -0.3 is 19.4 Å². The number of benzene rings is 1. The van der Waals surface area contributed by atoms with Gasteiger partial charge in [-0.05, 0) is 24.3 Å². The van der Waals surface area contributed by atoms with Gasteiger partial charge in [0, 0.05) is 36.4 Å². The Morgan fingerprint density at radius 3 is 2.54 bits per heavy atom. The highest BCUT2D eigenvalue weighted by Crippen LogP contribution is 2.32.